The molecule has 5 nitrogen and oxygen atoms in total. The second-order valence-corrected chi connectivity index (χ2v) is 6.83. The lowest BCUT2D eigenvalue weighted by molar-refractivity contribution is 0.101. The fraction of sp³-hybridized carbons (Fsp3) is 0.318. The largest absolute Gasteiger partial charge is 0.494 e. The zero-order valence-electron chi connectivity index (χ0n) is 15.7. The molecule has 5 heteroatoms. The lowest BCUT2D eigenvalue weighted by atomic mass is 10.1. The number of hydrogen-bond donors (Lipinski definition) is 0. The van der Waals surface area contributed by atoms with Crippen LogP contribution in [0, 0.1) is 0 Å². The van der Waals surface area contributed by atoms with Crippen LogP contribution >= 0.6 is 0 Å². The molecule has 0 atom stereocenters. The summed E-state index contributed by atoms with van der Waals surface area (Å²) in [6.07, 6.45) is 4.59. The van der Waals surface area contributed by atoms with E-state index < -0.39 is 0 Å². The molecule has 4 rings (SSSR count). The Morgan fingerprint density at radius 2 is 1.63 bits per heavy atom. The van der Waals surface area contributed by atoms with Crippen LogP contribution in [0.15, 0.2) is 43.0 Å². The fourth-order valence-electron chi connectivity index (χ4n) is 3.85. The van der Waals surface area contributed by atoms with Crippen molar-refractivity contribution in [2.75, 3.05) is 19.1 Å². The zero-order chi connectivity index (χ0) is 19.0. The first-order valence-corrected chi connectivity index (χ1v) is 9.19. The van der Waals surface area contributed by atoms with Crippen molar-refractivity contribution in [3.63, 3.8) is 0 Å². The molecular formula is C22H23NO4. The maximum absolute atomic E-state index is 13.0. The fourth-order valence-corrected chi connectivity index (χ4v) is 3.85. The molecule has 1 aliphatic heterocycles. The van der Waals surface area contributed by atoms with E-state index in [0.29, 0.717) is 34.2 Å². The highest BCUT2D eigenvalue weighted by Crippen LogP contribution is 2.46. The summed E-state index contributed by atoms with van der Waals surface area (Å²) < 4.78 is 17.2. The molecule has 1 aliphatic carbocycles. The zero-order valence-corrected chi connectivity index (χ0v) is 15.7. The number of carbonyl (C=O) groups is 1. The van der Waals surface area contributed by atoms with Gasteiger partial charge in [-0.05, 0) is 31.7 Å². The molecule has 0 spiro atoms. The molecule has 2 aliphatic rings. The van der Waals surface area contributed by atoms with Crippen molar-refractivity contribution in [1.29, 1.82) is 0 Å². The van der Waals surface area contributed by atoms with Crippen LogP contribution in [0.25, 0.3) is 5.70 Å². The lowest BCUT2D eigenvalue weighted by Crippen LogP contribution is -2.23. The molecule has 0 saturated heterocycles. The molecule has 0 aromatic heterocycles. The average Bonchev–Trinajstić information content (AvgIpc) is 3.29. The maximum atomic E-state index is 13.0. The van der Waals surface area contributed by atoms with Gasteiger partial charge in [-0.1, -0.05) is 24.8 Å². The van der Waals surface area contributed by atoms with E-state index >= 15 is 0 Å². The second kappa shape index (κ2) is 6.99. The highest BCUT2D eigenvalue weighted by molar-refractivity contribution is 6.22. The standard InChI is InChI=1S/C22H23NO4/c1-14-16-10-6-7-11-17(16)22(24)23(14)18-12-21(27-15-8-4-5-9-15)20(26-3)13-19(18)25-2/h6-7,10-13,15H,1,4-5,8-9H2,2-3H3. The summed E-state index contributed by atoms with van der Waals surface area (Å²) in [7, 11) is 3.18. The SMILES string of the molecule is C=C1c2ccccc2C(=O)N1c1cc(OC2CCCC2)c(OC)cc1OC. The van der Waals surface area contributed by atoms with Crippen LogP contribution in [0.3, 0.4) is 0 Å². The Labute approximate surface area is 159 Å². The molecule has 1 heterocycles. The van der Waals surface area contributed by atoms with Gasteiger partial charge in [0.15, 0.2) is 11.5 Å². The number of carbonyl (C=O) groups excluding carboxylic acids is 1. The Bertz CT molecular complexity index is 864. The number of rotatable bonds is 5. The molecule has 2 aromatic rings. The number of hydrogen-bond acceptors (Lipinski definition) is 4. The number of amides is 1. The van der Waals surface area contributed by atoms with Crippen molar-refractivity contribution >= 4 is 17.3 Å². The van der Waals surface area contributed by atoms with Gasteiger partial charge in [-0.25, -0.2) is 0 Å². The van der Waals surface area contributed by atoms with Crippen molar-refractivity contribution < 1.29 is 19.0 Å². The molecular weight excluding hydrogens is 342 g/mol. The van der Waals surface area contributed by atoms with E-state index in [-0.39, 0.29) is 12.0 Å². The molecule has 1 saturated carbocycles. The Hall–Kier alpha value is -2.95. The van der Waals surface area contributed by atoms with Crippen molar-refractivity contribution in [2.45, 2.75) is 31.8 Å². The number of ether oxygens (including phenoxy) is 3. The Balaban J connectivity index is 1.77. The third kappa shape index (κ3) is 2.93. The Morgan fingerprint density at radius 3 is 2.26 bits per heavy atom. The Kier molecular flexibility index (Phi) is 4.52. The van der Waals surface area contributed by atoms with Gasteiger partial charge in [-0.3, -0.25) is 9.69 Å². The summed E-state index contributed by atoms with van der Waals surface area (Å²) in [5.74, 6) is 1.63. The van der Waals surface area contributed by atoms with Crippen LogP contribution in [-0.2, 0) is 0 Å². The number of anilines is 1. The summed E-state index contributed by atoms with van der Waals surface area (Å²) in [6.45, 7) is 4.13. The predicted octanol–water partition coefficient (Wildman–Crippen LogP) is 4.66. The van der Waals surface area contributed by atoms with Gasteiger partial charge in [-0.2, -0.15) is 0 Å². The molecule has 1 fully saturated rings. The van der Waals surface area contributed by atoms with E-state index in [1.807, 2.05) is 30.3 Å². The third-order valence-electron chi connectivity index (χ3n) is 5.24. The molecule has 27 heavy (non-hydrogen) atoms. The highest BCUT2D eigenvalue weighted by Gasteiger charge is 2.34. The van der Waals surface area contributed by atoms with Gasteiger partial charge in [0.1, 0.15) is 5.75 Å². The summed E-state index contributed by atoms with van der Waals surface area (Å²) in [4.78, 5) is 14.6. The van der Waals surface area contributed by atoms with Crippen molar-refractivity contribution in [3.8, 4) is 17.2 Å². The van der Waals surface area contributed by atoms with E-state index in [1.54, 1.807) is 25.2 Å². The molecule has 1 amide bonds. The average molecular weight is 365 g/mol. The Morgan fingerprint density at radius 1 is 0.963 bits per heavy atom. The van der Waals surface area contributed by atoms with Gasteiger partial charge < -0.3 is 14.2 Å². The van der Waals surface area contributed by atoms with E-state index in [2.05, 4.69) is 6.58 Å². The highest BCUT2D eigenvalue weighted by atomic mass is 16.5. The quantitative estimate of drug-likeness (QED) is 0.773. The summed E-state index contributed by atoms with van der Waals surface area (Å²) in [5.41, 5.74) is 2.71. The minimum Gasteiger partial charge on any atom is -0.494 e. The molecule has 140 valence electrons. The number of benzene rings is 2. The van der Waals surface area contributed by atoms with Gasteiger partial charge in [0.05, 0.1) is 31.7 Å². The topological polar surface area (TPSA) is 48.0 Å². The van der Waals surface area contributed by atoms with Crippen molar-refractivity contribution in [3.05, 3.63) is 54.1 Å². The molecule has 0 N–H and O–H groups in total. The van der Waals surface area contributed by atoms with Crippen LogP contribution in [0.1, 0.15) is 41.6 Å². The van der Waals surface area contributed by atoms with Crippen molar-refractivity contribution in [2.24, 2.45) is 0 Å². The maximum Gasteiger partial charge on any atom is 0.263 e. The van der Waals surface area contributed by atoms with Gasteiger partial charge in [0, 0.05) is 23.3 Å². The predicted molar refractivity (Wildman–Crippen MR) is 105 cm³/mol. The van der Waals surface area contributed by atoms with Crippen molar-refractivity contribution in [1.82, 2.24) is 0 Å². The first-order valence-electron chi connectivity index (χ1n) is 9.19. The number of methoxy groups -OCH3 is 2. The smallest absolute Gasteiger partial charge is 0.263 e. The third-order valence-corrected chi connectivity index (χ3v) is 5.24. The molecule has 2 aromatic carbocycles. The first-order chi connectivity index (χ1) is 13.1. The number of nitrogens with zero attached hydrogens (tertiary/aromatic N) is 1. The van der Waals surface area contributed by atoms with Crippen LogP contribution in [0.5, 0.6) is 17.2 Å². The second-order valence-electron chi connectivity index (χ2n) is 6.83. The minimum atomic E-state index is -0.120. The van der Waals surface area contributed by atoms with Crippen LogP contribution < -0.4 is 19.1 Å². The van der Waals surface area contributed by atoms with E-state index in [4.69, 9.17) is 14.2 Å². The van der Waals surface area contributed by atoms with E-state index in [1.165, 1.54) is 12.8 Å². The summed E-state index contributed by atoms with van der Waals surface area (Å²) in [5, 5.41) is 0. The molecule has 0 unspecified atom stereocenters. The van der Waals surface area contributed by atoms with Gasteiger partial charge in [0.25, 0.3) is 5.91 Å². The normalized spacial score (nSPS) is 16.6. The van der Waals surface area contributed by atoms with Crippen LogP contribution in [0.4, 0.5) is 5.69 Å². The molecule has 0 radical (unpaired) electrons. The summed E-state index contributed by atoms with van der Waals surface area (Å²) >= 11 is 0. The van der Waals surface area contributed by atoms with E-state index in [0.717, 1.165) is 18.4 Å². The minimum absolute atomic E-state index is 0.120. The molecule has 0 bridgehead atoms. The van der Waals surface area contributed by atoms with Gasteiger partial charge in [-0.15, -0.1) is 0 Å². The summed E-state index contributed by atoms with van der Waals surface area (Å²) in [6, 6.07) is 11.1. The van der Waals surface area contributed by atoms with Gasteiger partial charge >= 0.3 is 0 Å². The van der Waals surface area contributed by atoms with Crippen LogP contribution in [-0.4, -0.2) is 26.2 Å². The monoisotopic (exact) mass is 365 g/mol. The van der Waals surface area contributed by atoms with Crippen LogP contribution in [0.2, 0.25) is 0 Å². The number of fused-ring (bicyclic) bond motifs is 1. The van der Waals surface area contributed by atoms with Gasteiger partial charge in [0.2, 0.25) is 0 Å². The lowest BCUT2D eigenvalue weighted by Gasteiger charge is -2.23. The van der Waals surface area contributed by atoms with E-state index in [9.17, 15) is 4.79 Å². The first kappa shape index (κ1) is 17.5.